The van der Waals surface area contributed by atoms with Crippen LogP contribution in [0.4, 0.5) is 5.69 Å². The first-order valence-electron chi connectivity index (χ1n) is 7.02. The van der Waals surface area contributed by atoms with Crippen molar-refractivity contribution in [3.8, 4) is 0 Å². The minimum atomic E-state index is -3.19. The molecule has 0 aromatic heterocycles. The first-order valence-corrected chi connectivity index (χ1v) is 8.91. The van der Waals surface area contributed by atoms with Crippen molar-refractivity contribution in [2.75, 3.05) is 31.4 Å². The second kappa shape index (κ2) is 8.25. The van der Waals surface area contributed by atoms with Crippen molar-refractivity contribution in [2.24, 2.45) is 5.41 Å². The van der Waals surface area contributed by atoms with Crippen molar-refractivity contribution in [1.82, 2.24) is 10.1 Å². The molecule has 0 atom stereocenters. The summed E-state index contributed by atoms with van der Waals surface area (Å²) >= 11 is 0. The van der Waals surface area contributed by atoms with Gasteiger partial charge in [0.05, 0.1) is 30.6 Å². The van der Waals surface area contributed by atoms with Gasteiger partial charge in [-0.2, -0.15) is 0 Å². The van der Waals surface area contributed by atoms with E-state index in [1.807, 2.05) is 0 Å². The second-order valence-electron chi connectivity index (χ2n) is 5.57. The first kappa shape index (κ1) is 19.4. The molecule has 0 spiro atoms. The first-order chi connectivity index (χ1) is 10.7. The highest BCUT2D eigenvalue weighted by Crippen LogP contribution is 2.14. The lowest BCUT2D eigenvalue weighted by Gasteiger charge is -2.23. The average Bonchev–Trinajstić information content (AvgIpc) is 2.51. The quantitative estimate of drug-likeness (QED) is 0.373. The summed E-state index contributed by atoms with van der Waals surface area (Å²) in [6.07, 6.45) is 1.65. The van der Waals surface area contributed by atoms with Crippen LogP contribution in [0.2, 0.25) is 0 Å². The molecule has 23 heavy (non-hydrogen) atoms. The fourth-order valence-corrected chi connectivity index (χ4v) is 2.08. The van der Waals surface area contributed by atoms with Crippen LogP contribution in [-0.4, -0.2) is 50.6 Å². The Kier molecular flexibility index (Phi) is 6.95. The second-order valence-corrected chi connectivity index (χ2v) is 7.40. The monoisotopic (exact) mass is 345 g/mol. The van der Waals surface area contributed by atoms with Crippen LogP contribution < -0.4 is 15.6 Å². The highest BCUT2D eigenvalue weighted by Gasteiger charge is 2.31. The van der Waals surface area contributed by atoms with Crippen LogP contribution in [0.15, 0.2) is 24.3 Å². The average molecular weight is 345 g/mol. The van der Waals surface area contributed by atoms with Gasteiger partial charge < -0.3 is 10.2 Å². The number of hydrogen-bond acceptors (Lipinski definition) is 6. The van der Waals surface area contributed by atoms with E-state index in [0.717, 1.165) is 11.8 Å². The van der Waals surface area contributed by atoms with Crippen molar-refractivity contribution >= 4 is 21.6 Å². The lowest BCUT2D eigenvalue weighted by atomic mass is 9.92. The molecule has 1 aromatic rings. The van der Waals surface area contributed by atoms with E-state index >= 15 is 0 Å². The Morgan fingerprint density at radius 1 is 1.17 bits per heavy atom. The summed E-state index contributed by atoms with van der Waals surface area (Å²) in [6, 6.07) is 7.06. The number of carbonyl (C=O) groups is 1. The van der Waals surface area contributed by atoms with Gasteiger partial charge in [-0.05, 0) is 31.0 Å². The number of aliphatic hydroxyl groups excluding tert-OH is 2. The maximum Gasteiger partial charge on any atom is 0.248 e. The number of sulfonamides is 1. The Morgan fingerprint density at radius 2 is 1.74 bits per heavy atom. The molecule has 8 nitrogen and oxygen atoms in total. The third-order valence-electron chi connectivity index (χ3n) is 3.30. The largest absolute Gasteiger partial charge is 0.395 e. The Labute approximate surface area is 135 Å². The number of aliphatic hydroxyl groups is 2. The summed E-state index contributed by atoms with van der Waals surface area (Å²) in [4.78, 5) is 11.8. The standard InChI is InChI=1S/C14H23N3O5S/c1-14(9-18,10-19)13(20)17-16-12-5-3-11(4-6-12)7-8-15-23(2,21)22/h3-6,15-16,18-19H,7-10H2,1-2H3,(H,17,20). The number of amides is 1. The Morgan fingerprint density at radius 3 is 2.22 bits per heavy atom. The molecule has 0 heterocycles. The van der Waals surface area contributed by atoms with Crippen LogP contribution >= 0.6 is 0 Å². The molecule has 0 fully saturated rings. The van der Waals surface area contributed by atoms with Gasteiger partial charge in [0.2, 0.25) is 15.9 Å². The molecule has 0 saturated carbocycles. The number of hydrazine groups is 1. The molecule has 1 rings (SSSR count). The molecule has 0 radical (unpaired) electrons. The highest BCUT2D eigenvalue weighted by atomic mass is 32.2. The Hall–Kier alpha value is -1.68. The predicted octanol–water partition coefficient (Wildman–Crippen LogP) is -0.788. The van der Waals surface area contributed by atoms with E-state index in [2.05, 4.69) is 15.6 Å². The number of benzene rings is 1. The molecule has 0 bridgehead atoms. The van der Waals surface area contributed by atoms with E-state index in [4.69, 9.17) is 10.2 Å². The molecule has 1 aromatic carbocycles. The Balaban J connectivity index is 2.50. The third-order valence-corrected chi connectivity index (χ3v) is 4.03. The van der Waals surface area contributed by atoms with Crippen molar-refractivity contribution in [1.29, 1.82) is 0 Å². The summed E-state index contributed by atoms with van der Waals surface area (Å²) in [6.45, 7) is 0.822. The van der Waals surface area contributed by atoms with Gasteiger partial charge in [-0.1, -0.05) is 12.1 Å². The van der Waals surface area contributed by atoms with Crippen LogP contribution in [0, 0.1) is 5.41 Å². The van der Waals surface area contributed by atoms with Gasteiger partial charge >= 0.3 is 0 Å². The molecule has 9 heteroatoms. The van der Waals surface area contributed by atoms with Crippen LogP contribution in [0.5, 0.6) is 0 Å². The molecule has 0 unspecified atom stereocenters. The van der Waals surface area contributed by atoms with Crippen molar-refractivity contribution in [3.63, 3.8) is 0 Å². The van der Waals surface area contributed by atoms with Crippen molar-refractivity contribution in [2.45, 2.75) is 13.3 Å². The van der Waals surface area contributed by atoms with Gasteiger partial charge in [-0.3, -0.25) is 15.6 Å². The van der Waals surface area contributed by atoms with Gasteiger partial charge in [0.1, 0.15) is 0 Å². The van der Waals surface area contributed by atoms with E-state index in [1.54, 1.807) is 24.3 Å². The lowest BCUT2D eigenvalue weighted by Crippen LogP contribution is -2.46. The van der Waals surface area contributed by atoms with Gasteiger partial charge in [-0.25, -0.2) is 13.1 Å². The number of rotatable bonds is 9. The molecule has 5 N–H and O–H groups in total. The predicted molar refractivity (Wildman–Crippen MR) is 87.0 cm³/mol. The smallest absolute Gasteiger partial charge is 0.248 e. The highest BCUT2D eigenvalue weighted by molar-refractivity contribution is 7.88. The van der Waals surface area contributed by atoms with E-state index in [1.165, 1.54) is 6.92 Å². The molecule has 0 saturated heterocycles. The zero-order chi connectivity index (χ0) is 17.5. The number of carbonyl (C=O) groups excluding carboxylic acids is 1. The molecule has 1 amide bonds. The summed E-state index contributed by atoms with van der Waals surface area (Å²) in [5.41, 5.74) is 5.42. The topological polar surface area (TPSA) is 128 Å². The summed E-state index contributed by atoms with van der Waals surface area (Å²) in [5, 5.41) is 18.3. The SMILES string of the molecule is CC(CO)(CO)C(=O)NNc1ccc(CCNS(C)(=O)=O)cc1. The van der Waals surface area contributed by atoms with Gasteiger partial charge in [0.15, 0.2) is 0 Å². The van der Waals surface area contributed by atoms with Crippen LogP contribution in [-0.2, 0) is 21.2 Å². The normalized spacial score (nSPS) is 12.0. The van der Waals surface area contributed by atoms with Gasteiger partial charge in [0, 0.05) is 6.54 Å². The lowest BCUT2D eigenvalue weighted by molar-refractivity contribution is -0.134. The maximum absolute atomic E-state index is 11.8. The zero-order valence-electron chi connectivity index (χ0n) is 13.2. The van der Waals surface area contributed by atoms with E-state index in [0.29, 0.717) is 18.7 Å². The minimum Gasteiger partial charge on any atom is -0.395 e. The van der Waals surface area contributed by atoms with Crippen molar-refractivity contribution < 1.29 is 23.4 Å². The molecule has 0 aliphatic rings. The minimum absolute atomic E-state index is 0.313. The number of nitrogens with one attached hydrogen (secondary N) is 3. The summed E-state index contributed by atoms with van der Waals surface area (Å²) < 4.78 is 24.3. The fraction of sp³-hybridized carbons (Fsp3) is 0.500. The molecular formula is C14H23N3O5S. The number of anilines is 1. The van der Waals surface area contributed by atoms with Crippen molar-refractivity contribution in [3.05, 3.63) is 29.8 Å². The zero-order valence-corrected chi connectivity index (χ0v) is 14.0. The van der Waals surface area contributed by atoms with Gasteiger partial charge in [-0.15, -0.1) is 0 Å². The molecular weight excluding hydrogens is 322 g/mol. The van der Waals surface area contributed by atoms with E-state index in [-0.39, 0.29) is 0 Å². The van der Waals surface area contributed by atoms with Crippen LogP contribution in [0.1, 0.15) is 12.5 Å². The maximum atomic E-state index is 11.8. The third kappa shape index (κ3) is 6.53. The van der Waals surface area contributed by atoms with E-state index < -0.39 is 34.6 Å². The number of hydrogen-bond donors (Lipinski definition) is 5. The molecule has 130 valence electrons. The van der Waals surface area contributed by atoms with Crippen LogP contribution in [0.3, 0.4) is 0 Å². The summed E-state index contributed by atoms with van der Waals surface area (Å²) in [7, 11) is -3.19. The molecule has 0 aliphatic heterocycles. The van der Waals surface area contributed by atoms with Gasteiger partial charge in [0.25, 0.3) is 0 Å². The van der Waals surface area contributed by atoms with E-state index in [9.17, 15) is 13.2 Å². The summed E-state index contributed by atoms with van der Waals surface area (Å²) in [5.74, 6) is -0.524. The fourth-order valence-electron chi connectivity index (χ4n) is 1.61. The van der Waals surface area contributed by atoms with Crippen LogP contribution in [0.25, 0.3) is 0 Å². The molecule has 0 aliphatic carbocycles. The Bertz CT molecular complexity index is 612.